The van der Waals surface area contributed by atoms with E-state index in [0.29, 0.717) is 31.1 Å². The Bertz CT molecular complexity index is 1460. The van der Waals surface area contributed by atoms with Crippen LogP contribution in [-0.2, 0) is 26.1 Å². The molecule has 1 fully saturated rings. The Morgan fingerprint density at radius 3 is 2.48 bits per heavy atom. The predicted octanol–water partition coefficient (Wildman–Crippen LogP) is 6.17. The van der Waals surface area contributed by atoms with E-state index in [4.69, 9.17) is 18.9 Å². The molecule has 2 aliphatic rings. The van der Waals surface area contributed by atoms with Crippen molar-refractivity contribution in [2.45, 2.75) is 69.1 Å². The molecule has 0 saturated carbocycles. The van der Waals surface area contributed by atoms with Crippen LogP contribution in [0.4, 0.5) is 5.69 Å². The van der Waals surface area contributed by atoms with Crippen molar-refractivity contribution in [2.24, 2.45) is 0 Å². The van der Waals surface area contributed by atoms with Gasteiger partial charge in [0.15, 0.2) is 0 Å². The zero-order chi connectivity index (χ0) is 31.1. The van der Waals surface area contributed by atoms with Crippen LogP contribution >= 0.6 is 0 Å². The van der Waals surface area contributed by atoms with Crippen LogP contribution in [0.15, 0.2) is 71.6 Å². The fraction of sp³-hybridized carbons (Fsp3) is 0.486. The highest BCUT2D eigenvalue weighted by atomic mass is 32.2. The molecule has 0 radical (unpaired) electrons. The molecule has 9 heteroatoms. The first-order chi connectivity index (χ1) is 21.3. The molecule has 8 nitrogen and oxygen atoms in total. The van der Waals surface area contributed by atoms with E-state index in [9.17, 15) is 8.42 Å². The quantitative estimate of drug-likeness (QED) is 0.211. The van der Waals surface area contributed by atoms with Crippen LogP contribution in [0.5, 0.6) is 11.5 Å². The van der Waals surface area contributed by atoms with Crippen molar-refractivity contribution in [2.75, 3.05) is 52.0 Å². The second-order valence-corrected chi connectivity index (χ2v) is 13.7. The van der Waals surface area contributed by atoms with Crippen molar-refractivity contribution in [3.8, 4) is 11.5 Å². The molecule has 3 aromatic rings. The Morgan fingerprint density at radius 2 is 1.77 bits per heavy atom. The molecule has 0 spiro atoms. The molecule has 0 N–H and O–H groups in total. The van der Waals surface area contributed by atoms with Gasteiger partial charge in [0.05, 0.1) is 36.9 Å². The first-order valence-electron chi connectivity index (χ1n) is 15.7. The number of sulfonamides is 1. The van der Waals surface area contributed by atoms with Crippen LogP contribution in [0.3, 0.4) is 0 Å². The summed E-state index contributed by atoms with van der Waals surface area (Å²) < 4.78 is 53.1. The first-order valence-corrected chi connectivity index (χ1v) is 17.1. The van der Waals surface area contributed by atoms with Gasteiger partial charge in [0.2, 0.25) is 10.0 Å². The van der Waals surface area contributed by atoms with Gasteiger partial charge in [-0.3, -0.25) is 0 Å². The highest BCUT2D eigenvalue weighted by Gasteiger charge is 2.42. The van der Waals surface area contributed by atoms with Gasteiger partial charge in [0, 0.05) is 38.8 Å². The van der Waals surface area contributed by atoms with Crippen LogP contribution in [-0.4, -0.2) is 71.9 Å². The monoisotopic (exact) mass is 622 g/mol. The third-order valence-electron chi connectivity index (χ3n) is 8.76. The molecule has 3 atom stereocenters. The zero-order valence-electron chi connectivity index (χ0n) is 26.4. The summed E-state index contributed by atoms with van der Waals surface area (Å²) in [5.41, 5.74) is 4.26. The SMILES string of the molecule is CCC[C@H]1C[C@H](c2ccc(OC)cc2)[C@@H](OCc2ccc3c(c2)N(CCCOC)CCO3)CN1S(=O)(=O)c1ccc(C)cc1. The normalized spacial score (nSPS) is 20.6. The molecule has 5 rings (SSSR count). The summed E-state index contributed by atoms with van der Waals surface area (Å²) in [6, 6.07) is 21.3. The van der Waals surface area contributed by atoms with Gasteiger partial charge in [-0.1, -0.05) is 49.2 Å². The summed E-state index contributed by atoms with van der Waals surface area (Å²) in [6.07, 6.45) is 2.97. The van der Waals surface area contributed by atoms with Crippen LogP contribution < -0.4 is 14.4 Å². The Balaban J connectivity index is 1.42. The van der Waals surface area contributed by atoms with Crippen LogP contribution in [0.2, 0.25) is 0 Å². The Labute approximate surface area is 262 Å². The average Bonchev–Trinajstić information content (AvgIpc) is 3.04. The Kier molecular flexibility index (Phi) is 10.8. The second-order valence-electron chi connectivity index (χ2n) is 11.8. The van der Waals surface area contributed by atoms with Crippen molar-refractivity contribution in [3.05, 3.63) is 83.4 Å². The minimum Gasteiger partial charge on any atom is -0.497 e. The molecule has 0 aliphatic carbocycles. The zero-order valence-corrected chi connectivity index (χ0v) is 27.2. The minimum absolute atomic E-state index is 0.0356. The van der Waals surface area contributed by atoms with Crippen LogP contribution in [0.25, 0.3) is 0 Å². The molecule has 1 saturated heterocycles. The maximum Gasteiger partial charge on any atom is 0.243 e. The van der Waals surface area contributed by atoms with Gasteiger partial charge < -0.3 is 23.8 Å². The summed E-state index contributed by atoms with van der Waals surface area (Å²) >= 11 is 0. The van der Waals surface area contributed by atoms with Crippen molar-refractivity contribution >= 4 is 15.7 Å². The number of hydrogen-bond acceptors (Lipinski definition) is 7. The van der Waals surface area contributed by atoms with E-state index in [1.807, 2.05) is 43.3 Å². The lowest BCUT2D eigenvalue weighted by molar-refractivity contribution is -0.0208. The third-order valence-corrected chi connectivity index (χ3v) is 10.7. The highest BCUT2D eigenvalue weighted by Crippen LogP contribution is 2.39. The molecule has 0 unspecified atom stereocenters. The largest absolute Gasteiger partial charge is 0.497 e. The predicted molar refractivity (Wildman–Crippen MR) is 173 cm³/mol. The van der Waals surface area contributed by atoms with E-state index < -0.39 is 10.0 Å². The van der Waals surface area contributed by atoms with Gasteiger partial charge in [0.25, 0.3) is 0 Å². The molecular formula is C35H46N2O6S. The molecule has 2 aliphatic heterocycles. The average molecular weight is 623 g/mol. The van der Waals surface area contributed by atoms with E-state index in [1.165, 1.54) is 0 Å². The smallest absolute Gasteiger partial charge is 0.243 e. The number of aryl methyl sites for hydroxylation is 1. The first kappa shape index (κ1) is 32.3. The number of ether oxygens (including phenoxy) is 4. The lowest BCUT2D eigenvalue weighted by Crippen LogP contribution is -2.52. The maximum absolute atomic E-state index is 14.1. The summed E-state index contributed by atoms with van der Waals surface area (Å²) in [7, 11) is -0.324. The molecule has 2 heterocycles. The molecule has 238 valence electrons. The van der Waals surface area contributed by atoms with Crippen LogP contribution in [0, 0.1) is 6.92 Å². The van der Waals surface area contributed by atoms with Gasteiger partial charge in [-0.25, -0.2) is 8.42 Å². The molecule has 0 aromatic heterocycles. The number of piperidine rings is 1. The van der Waals surface area contributed by atoms with Crippen molar-refractivity contribution in [1.82, 2.24) is 4.31 Å². The second kappa shape index (κ2) is 14.8. The van der Waals surface area contributed by atoms with E-state index in [1.54, 1.807) is 30.7 Å². The third kappa shape index (κ3) is 7.40. The molecular weight excluding hydrogens is 576 g/mol. The number of hydrogen-bond donors (Lipinski definition) is 0. The van der Waals surface area contributed by atoms with E-state index >= 15 is 0 Å². The highest BCUT2D eigenvalue weighted by molar-refractivity contribution is 7.89. The minimum atomic E-state index is -3.71. The Hall–Kier alpha value is -3.11. The molecule has 0 amide bonds. The summed E-state index contributed by atoms with van der Waals surface area (Å²) in [5.74, 6) is 1.71. The van der Waals surface area contributed by atoms with E-state index in [2.05, 4.69) is 30.0 Å². The number of fused-ring (bicyclic) bond motifs is 1. The molecule has 44 heavy (non-hydrogen) atoms. The lowest BCUT2D eigenvalue weighted by Gasteiger charge is -2.43. The lowest BCUT2D eigenvalue weighted by atomic mass is 9.83. The standard InChI is InChI=1S/C35H46N2O6S/c1-5-7-29-23-32(28-11-13-30(41-4)14-12-28)35(24-37(29)44(38,39)31-15-8-26(2)9-16-31)43-25-27-10-17-34-33(22-27)36(19-21-42-34)18-6-20-40-3/h8-17,22,29,32,35H,5-7,18-21,23-25H2,1-4H3/t29-,32+,35-/m0/s1. The van der Waals surface area contributed by atoms with Gasteiger partial charge in [-0.05, 0) is 73.7 Å². The number of benzene rings is 3. The van der Waals surface area contributed by atoms with Crippen molar-refractivity contribution in [3.63, 3.8) is 0 Å². The number of rotatable bonds is 13. The van der Waals surface area contributed by atoms with E-state index in [-0.39, 0.29) is 24.6 Å². The fourth-order valence-electron chi connectivity index (χ4n) is 6.37. The topological polar surface area (TPSA) is 77.5 Å². The summed E-state index contributed by atoms with van der Waals surface area (Å²) in [4.78, 5) is 2.67. The van der Waals surface area contributed by atoms with Gasteiger partial charge >= 0.3 is 0 Å². The summed E-state index contributed by atoms with van der Waals surface area (Å²) in [5, 5.41) is 0. The molecule has 3 aromatic carbocycles. The maximum atomic E-state index is 14.1. The molecule has 0 bridgehead atoms. The van der Waals surface area contributed by atoms with Crippen molar-refractivity contribution < 1.29 is 27.4 Å². The van der Waals surface area contributed by atoms with Gasteiger partial charge in [-0.15, -0.1) is 0 Å². The van der Waals surface area contributed by atoms with Gasteiger partial charge in [-0.2, -0.15) is 4.31 Å². The van der Waals surface area contributed by atoms with E-state index in [0.717, 1.165) is 66.2 Å². The fourth-order valence-corrected chi connectivity index (χ4v) is 8.04. The number of methoxy groups -OCH3 is 2. The van der Waals surface area contributed by atoms with Crippen LogP contribution in [0.1, 0.15) is 55.2 Å². The Morgan fingerprint density at radius 1 is 1.00 bits per heavy atom. The summed E-state index contributed by atoms with van der Waals surface area (Å²) in [6.45, 7) is 7.82. The number of nitrogens with zero attached hydrogens (tertiary/aromatic N) is 2. The van der Waals surface area contributed by atoms with Gasteiger partial charge in [0.1, 0.15) is 18.1 Å². The number of anilines is 1. The van der Waals surface area contributed by atoms with Crippen molar-refractivity contribution in [1.29, 1.82) is 0 Å².